The lowest BCUT2D eigenvalue weighted by Crippen LogP contribution is -2.06. The molecule has 0 aliphatic heterocycles. The molecule has 6 heteroatoms. The number of methoxy groups -OCH3 is 1. The molecule has 5 nitrogen and oxygen atoms in total. The van der Waals surface area contributed by atoms with Gasteiger partial charge in [0.1, 0.15) is 5.75 Å². The second kappa shape index (κ2) is 5.65. The lowest BCUT2D eigenvalue weighted by molar-refractivity contribution is 0.0600. The van der Waals surface area contributed by atoms with E-state index in [1.165, 1.54) is 7.11 Å². The topological polar surface area (TPSA) is 68.5 Å². The van der Waals surface area contributed by atoms with Crippen LogP contribution in [0.2, 0.25) is 0 Å². The Morgan fingerprint density at radius 1 is 1.18 bits per heavy atom. The molecule has 0 aliphatic carbocycles. The van der Waals surface area contributed by atoms with Crippen molar-refractivity contribution in [1.29, 1.82) is 0 Å². The highest BCUT2D eigenvalue weighted by atomic mass is 32.2. The van der Waals surface area contributed by atoms with E-state index in [-0.39, 0.29) is 5.75 Å². The molecule has 0 fully saturated rings. The molecule has 0 saturated heterocycles. The summed E-state index contributed by atoms with van der Waals surface area (Å²) in [6.45, 7) is 0. The van der Waals surface area contributed by atoms with Crippen LogP contribution in [0.25, 0.3) is 10.9 Å². The van der Waals surface area contributed by atoms with Gasteiger partial charge < -0.3 is 9.84 Å². The van der Waals surface area contributed by atoms with Crippen LogP contribution in [-0.2, 0) is 15.7 Å². The summed E-state index contributed by atoms with van der Waals surface area (Å²) in [5.41, 5.74) is 1.09. The van der Waals surface area contributed by atoms with E-state index in [0.717, 1.165) is 10.9 Å². The average molecular weight is 315 g/mol. The molecule has 1 unspecified atom stereocenters. The largest absolute Gasteiger partial charge is 0.508 e. The molecule has 0 amide bonds. The Kier molecular flexibility index (Phi) is 3.68. The molecular weight excluding hydrogens is 302 g/mol. The first-order chi connectivity index (χ1) is 10.6. The summed E-state index contributed by atoms with van der Waals surface area (Å²) < 4.78 is 19.0. The maximum absolute atomic E-state index is 12.7. The second-order valence-electron chi connectivity index (χ2n) is 4.65. The van der Waals surface area contributed by atoms with Gasteiger partial charge in [-0.25, -0.2) is 9.00 Å². The summed E-state index contributed by atoms with van der Waals surface area (Å²) in [4.78, 5) is 12.1. The van der Waals surface area contributed by atoms with Crippen LogP contribution in [0, 0.1) is 0 Å². The number of phenols is 1. The zero-order chi connectivity index (χ0) is 15.7. The number of fused-ring (bicyclic) bond motifs is 1. The van der Waals surface area contributed by atoms with Crippen LogP contribution in [-0.4, -0.2) is 26.4 Å². The van der Waals surface area contributed by atoms with Gasteiger partial charge in [0.2, 0.25) is 0 Å². The summed E-state index contributed by atoms with van der Waals surface area (Å²) in [5.74, 6) is -0.315. The zero-order valence-corrected chi connectivity index (χ0v) is 12.5. The standard InChI is InChI=1S/C16H13NO4S/c1-21-16(19)12-3-2-4-14(10-12)22(20)17-8-7-11-9-13(18)5-6-15(11)17/h2-10,18H,1H3. The minimum absolute atomic E-state index is 0.156. The summed E-state index contributed by atoms with van der Waals surface area (Å²) in [5, 5.41) is 10.3. The number of phenolic OH excluding ortho intramolecular Hbond substituents is 1. The molecule has 1 aromatic heterocycles. The van der Waals surface area contributed by atoms with E-state index < -0.39 is 17.0 Å². The zero-order valence-electron chi connectivity index (χ0n) is 11.7. The Morgan fingerprint density at radius 3 is 2.77 bits per heavy atom. The van der Waals surface area contributed by atoms with Crippen LogP contribution in [0.5, 0.6) is 5.75 Å². The SMILES string of the molecule is COC(=O)c1cccc(S(=O)n2ccc3cc(O)ccc32)c1. The summed E-state index contributed by atoms with van der Waals surface area (Å²) in [7, 11) is -0.195. The maximum atomic E-state index is 12.7. The van der Waals surface area contributed by atoms with Gasteiger partial charge in [-0.05, 0) is 42.5 Å². The smallest absolute Gasteiger partial charge is 0.337 e. The molecule has 0 aliphatic rings. The quantitative estimate of drug-likeness (QED) is 0.755. The van der Waals surface area contributed by atoms with Crippen molar-refractivity contribution in [3.63, 3.8) is 0 Å². The average Bonchev–Trinajstić information content (AvgIpc) is 2.96. The summed E-state index contributed by atoms with van der Waals surface area (Å²) in [6.07, 6.45) is 1.69. The van der Waals surface area contributed by atoms with Crippen molar-refractivity contribution in [3.8, 4) is 5.75 Å². The number of hydrogen-bond donors (Lipinski definition) is 1. The molecule has 112 valence electrons. The Morgan fingerprint density at radius 2 is 2.00 bits per heavy atom. The molecule has 22 heavy (non-hydrogen) atoms. The first-order valence-electron chi connectivity index (χ1n) is 6.51. The maximum Gasteiger partial charge on any atom is 0.337 e. The van der Waals surface area contributed by atoms with Crippen LogP contribution in [0.1, 0.15) is 10.4 Å². The Labute approximate surface area is 129 Å². The third-order valence-electron chi connectivity index (χ3n) is 3.27. The monoisotopic (exact) mass is 315 g/mol. The van der Waals surface area contributed by atoms with E-state index >= 15 is 0 Å². The van der Waals surface area contributed by atoms with E-state index in [4.69, 9.17) is 0 Å². The van der Waals surface area contributed by atoms with Crippen molar-refractivity contribution in [2.75, 3.05) is 7.11 Å². The van der Waals surface area contributed by atoms with Crippen molar-refractivity contribution >= 4 is 27.9 Å². The number of carbonyl (C=O) groups is 1. The van der Waals surface area contributed by atoms with Gasteiger partial charge in [0.05, 0.1) is 23.1 Å². The van der Waals surface area contributed by atoms with Crippen molar-refractivity contribution in [2.45, 2.75) is 4.90 Å². The Bertz CT molecular complexity index is 885. The summed E-state index contributed by atoms with van der Waals surface area (Å²) >= 11 is 0. The predicted octanol–water partition coefficient (Wildman–Crippen LogP) is 2.70. The first-order valence-corrected chi connectivity index (χ1v) is 7.61. The van der Waals surface area contributed by atoms with Gasteiger partial charge in [0.15, 0.2) is 11.0 Å². The van der Waals surface area contributed by atoms with Crippen molar-refractivity contribution < 1.29 is 18.8 Å². The number of benzene rings is 2. The van der Waals surface area contributed by atoms with Crippen molar-refractivity contribution in [2.24, 2.45) is 0 Å². The van der Waals surface area contributed by atoms with E-state index in [0.29, 0.717) is 10.5 Å². The molecule has 2 aromatic carbocycles. The molecule has 0 saturated carbocycles. The van der Waals surface area contributed by atoms with Gasteiger partial charge in [-0.3, -0.25) is 3.97 Å². The number of esters is 1. The van der Waals surface area contributed by atoms with Crippen molar-refractivity contribution in [1.82, 2.24) is 3.97 Å². The Hall–Kier alpha value is -2.60. The van der Waals surface area contributed by atoms with E-state index in [2.05, 4.69) is 4.74 Å². The van der Waals surface area contributed by atoms with Crippen LogP contribution in [0.4, 0.5) is 0 Å². The highest BCUT2D eigenvalue weighted by molar-refractivity contribution is 7.83. The van der Waals surface area contributed by atoms with Crippen molar-refractivity contribution in [3.05, 3.63) is 60.3 Å². The molecule has 1 atom stereocenters. The van der Waals surface area contributed by atoms with Crippen LogP contribution in [0.15, 0.2) is 59.6 Å². The van der Waals surface area contributed by atoms with Gasteiger partial charge in [-0.15, -0.1) is 0 Å². The first kappa shape index (κ1) is 14.3. The minimum Gasteiger partial charge on any atom is -0.508 e. The molecule has 3 rings (SSSR count). The van der Waals surface area contributed by atoms with E-state index in [1.54, 1.807) is 58.7 Å². The molecule has 0 bridgehead atoms. The molecule has 1 N–H and O–H groups in total. The lowest BCUT2D eigenvalue weighted by Gasteiger charge is -2.07. The molecular formula is C16H13NO4S. The molecule has 0 spiro atoms. The molecule has 1 heterocycles. The predicted molar refractivity (Wildman–Crippen MR) is 83.2 cm³/mol. The van der Waals surface area contributed by atoms with Crippen LogP contribution >= 0.6 is 0 Å². The fraction of sp³-hybridized carbons (Fsp3) is 0.0625. The lowest BCUT2D eigenvalue weighted by atomic mass is 10.2. The summed E-state index contributed by atoms with van der Waals surface area (Å²) in [6, 6.07) is 13.1. The fourth-order valence-electron chi connectivity index (χ4n) is 2.21. The van der Waals surface area contributed by atoms with Gasteiger partial charge in [-0.1, -0.05) is 6.07 Å². The molecule has 3 aromatic rings. The highest BCUT2D eigenvalue weighted by Crippen LogP contribution is 2.23. The van der Waals surface area contributed by atoms with E-state index in [1.807, 2.05) is 0 Å². The normalized spacial score (nSPS) is 12.2. The van der Waals surface area contributed by atoms with Crippen LogP contribution < -0.4 is 0 Å². The van der Waals surface area contributed by atoms with Gasteiger partial charge in [0, 0.05) is 11.6 Å². The highest BCUT2D eigenvalue weighted by Gasteiger charge is 2.13. The third kappa shape index (κ3) is 2.48. The van der Waals surface area contributed by atoms with Gasteiger partial charge >= 0.3 is 5.97 Å². The number of aromatic hydroxyl groups is 1. The fourth-order valence-corrected chi connectivity index (χ4v) is 3.38. The molecule has 0 radical (unpaired) electrons. The Balaban J connectivity index is 2.04. The second-order valence-corrected chi connectivity index (χ2v) is 6.02. The number of hydrogen-bond acceptors (Lipinski definition) is 4. The number of rotatable bonds is 3. The minimum atomic E-state index is -1.50. The number of ether oxygens (including phenoxy) is 1. The number of nitrogens with zero attached hydrogens (tertiary/aromatic N) is 1. The number of aromatic nitrogens is 1. The third-order valence-corrected chi connectivity index (χ3v) is 4.61. The van der Waals surface area contributed by atoms with E-state index in [9.17, 15) is 14.1 Å². The number of carbonyl (C=O) groups excluding carboxylic acids is 1. The van der Waals surface area contributed by atoms with Gasteiger partial charge in [-0.2, -0.15) is 0 Å². The van der Waals surface area contributed by atoms with Gasteiger partial charge in [0.25, 0.3) is 0 Å². The van der Waals surface area contributed by atoms with Crippen LogP contribution in [0.3, 0.4) is 0 Å².